The average molecular weight is 644 g/mol. The van der Waals surface area contributed by atoms with Crippen LogP contribution in [0.3, 0.4) is 0 Å². The Balaban J connectivity index is 1.41. The van der Waals surface area contributed by atoms with Crippen LogP contribution in [0.15, 0.2) is 59.2 Å². The van der Waals surface area contributed by atoms with E-state index in [4.69, 9.17) is 14.5 Å². The van der Waals surface area contributed by atoms with Gasteiger partial charge in [-0.25, -0.2) is 9.97 Å². The molecule has 42 heavy (non-hydrogen) atoms. The first-order valence-corrected chi connectivity index (χ1v) is 14.1. The molecule has 0 saturated carbocycles. The number of halogens is 4. The number of nitrogens with one attached hydrogen (secondary N) is 2. The van der Waals surface area contributed by atoms with Crippen LogP contribution in [0.4, 0.5) is 24.8 Å². The molecule has 1 aliphatic heterocycles. The van der Waals surface area contributed by atoms with Crippen molar-refractivity contribution >= 4 is 44.4 Å². The van der Waals surface area contributed by atoms with Gasteiger partial charge in [0.2, 0.25) is 5.95 Å². The van der Waals surface area contributed by atoms with Gasteiger partial charge in [-0.15, -0.1) is 0 Å². The molecule has 0 bridgehead atoms. The number of fused-ring (bicyclic) bond motifs is 1. The lowest BCUT2D eigenvalue weighted by Crippen LogP contribution is -2.39. The molecule has 8 nitrogen and oxygen atoms in total. The van der Waals surface area contributed by atoms with Gasteiger partial charge in [0.1, 0.15) is 5.75 Å². The summed E-state index contributed by atoms with van der Waals surface area (Å²) in [6.07, 6.45) is -2.78. The summed E-state index contributed by atoms with van der Waals surface area (Å²) in [5.74, 6) is 0.486. The maximum Gasteiger partial charge on any atom is 0.416 e. The highest BCUT2D eigenvalue weighted by Crippen LogP contribution is 2.42. The first-order chi connectivity index (χ1) is 20.1. The normalized spacial score (nSPS) is 14.1. The van der Waals surface area contributed by atoms with E-state index < -0.39 is 17.6 Å². The fourth-order valence-corrected chi connectivity index (χ4v) is 5.48. The quantitative estimate of drug-likeness (QED) is 0.230. The Kier molecular flexibility index (Phi) is 8.95. The summed E-state index contributed by atoms with van der Waals surface area (Å²) in [7, 11) is 1.55. The molecular formula is C30H29BrF3N5O3. The van der Waals surface area contributed by atoms with Crippen LogP contribution in [-0.4, -0.2) is 67.3 Å². The number of hydrogen-bond acceptors (Lipinski definition) is 7. The van der Waals surface area contributed by atoms with Crippen LogP contribution in [0.25, 0.3) is 22.0 Å². The van der Waals surface area contributed by atoms with Crippen molar-refractivity contribution in [2.45, 2.75) is 13.1 Å². The third-order valence-corrected chi connectivity index (χ3v) is 7.76. The van der Waals surface area contributed by atoms with Crippen molar-refractivity contribution in [2.75, 3.05) is 57.1 Å². The van der Waals surface area contributed by atoms with E-state index in [0.29, 0.717) is 33.8 Å². The largest absolute Gasteiger partial charge is 0.495 e. The number of carbonyl (C=O) groups is 1. The SMILES string of the molecule is COc1c(-c2cc(C(=O)Nc3cccc(C(F)(F)F)c3)ccc2C)cc2cnc(NCCN3CCOCC3)nc2c1Br. The van der Waals surface area contributed by atoms with Crippen molar-refractivity contribution in [1.82, 2.24) is 14.9 Å². The van der Waals surface area contributed by atoms with E-state index >= 15 is 0 Å². The van der Waals surface area contributed by atoms with E-state index in [2.05, 4.69) is 36.4 Å². The third kappa shape index (κ3) is 6.66. The minimum Gasteiger partial charge on any atom is -0.495 e. The monoisotopic (exact) mass is 643 g/mol. The lowest BCUT2D eigenvalue weighted by Gasteiger charge is -2.26. The van der Waals surface area contributed by atoms with Crippen molar-refractivity contribution in [3.05, 3.63) is 75.9 Å². The summed E-state index contributed by atoms with van der Waals surface area (Å²) in [6.45, 7) is 6.73. The van der Waals surface area contributed by atoms with E-state index in [1.807, 2.05) is 13.0 Å². The van der Waals surface area contributed by atoms with Crippen LogP contribution in [0.2, 0.25) is 0 Å². The Hall–Kier alpha value is -3.74. The molecule has 2 N–H and O–H groups in total. The molecule has 0 atom stereocenters. The lowest BCUT2D eigenvalue weighted by atomic mass is 9.96. The first-order valence-electron chi connectivity index (χ1n) is 13.3. The molecule has 0 radical (unpaired) electrons. The Bertz CT molecular complexity index is 1610. The average Bonchev–Trinajstić information content (AvgIpc) is 2.98. The predicted octanol–water partition coefficient (Wildman–Crippen LogP) is 6.39. The van der Waals surface area contributed by atoms with Crippen LogP contribution in [0.1, 0.15) is 21.5 Å². The number of rotatable bonds is 8. The number of benzene rings is 3. The summed E-state index contributed by atoms with van der Waals surface area (Å²) in [5, 5.41) is 6.61. The number of morpholine rings is 1. The number of aromatic nitrogens is 2. The molecule has 1 saturated heterocycles. The van der Waals surface area contributed by atoms with Gasteiger partial charge < -0.3 is 20.1 Å². The van der Waals surface area contributed by atoms with Gasteiger partial charge in [0.05, 0.1) is 35.9 Å². The Labute approximate surface area is 249 Å². The third-order valence-electron chi connectivity index (χ3n) is 7.03. The highest BCUT2D eigenvalue weighted by atomic mass is 79.9. The smallest absolute Gasteiger partial charge is 0.416 e. The molecule has 2 heterocycles. The molecular weight excluding hydrogens is 615 g/mol. The van der Waals surface area contributed by atoms with Gasteiger partial charge in [-0.2, -0.15) is 13.2 Å². The second kappa shape index (κ2) is 12.6. The summed E-state index contributed by atoms with van der Waals surface area (Å²) in [5.41, 5.74) is 2.46. The van der Waals surface area contributed by atoms with Gasteiger partial charge in [-0.3, -0.25) is 9.69 Å². The maximum absolute atomic E-state index is 13.1. The number of methoxy groups -OCH3 is 1. The zero-order valence-corrected chi connectivity index (χ0v) is 24.6. The minimum atomic E-state index is -4.51. The van der Waals surface area contributed by atoms with E-state index in [9.17, 15) is 18.0 Å². The van der Waals surface area contributed by atoms with Gasteiger partial charge in [-0.1, -0.05) is 12.1 Å². The van der Waals surface area contributed by atoms with Gasteiger partial charge >= 0.3 is 6.18 Å². The first kappa shape index (κ1) is 29.7. The van der Waals surface area contributed by atoms with Gasteiger partial charge in [0, 0.05) is 54.6 Å². The van der Waals surface area contributed by atoms with Crippen LogP contribution in [-0.2, 0) is 10.9 Å². The number of amides is 1. The van der Waals surface area contributed by atoms with Crippen LogP contribution in [0.5, 0.6) is 5.75 Å². The molecule has 0 spiro atoms. The molecule has 220 valence electrons. The Morgan fingerprint density at radius 2 is 1.90 bits per heavy atom. The fourth-order valence-electron chi connectivity index (χ4n) is 4.78. The van der Waals surface area contributed by atoms with Crippen LogP contribution in [0, 0.1) is 6.92 Å². The molecule has 1 aromatic heterocycles. The van der Waals surface area contributed by atoms with Crippen molar-refractivity contribution in [1.29, 1.82) is 0 Å². The maximum atomic E-state index is 13.1. The standard InChI is InChI=1S/C30H29BrF3N5O3/c1-18-6-7-19(28(40)37-22-5-3-4-21(16-22)30(32,33)34)14-23(18)24-15-20-17-36-29(38-26(20)25(31)27(24)41-2)35-8-9-39-10-12-42-13-11-39/h3-7,14-17H,8-13H2,1-2H3,(H,37,40)(H,35,36,38). The molecule has 0 unspecified atom stereocenters. The second-order valence-corrected chi connectivity index (χ2v) is 10.6. The Morgan fingerprint density at radius 3 is 2.64 bits per heavy atom. The molecule has 12 heteroatoms. The molecule has 3 aromatic carbocycles. The number of anilines is 2. The zero-order chi connectivity index (χ0) is 29.9. The van der Waals surface area contributed by atoms with E-state index in [-0.39, 0.29) is 11.3 Å². The number of alkyl halides is 3. The fraction of sp³-hybridized carbons (Fsp3) is 0.300. The molecule has 1 fully saturated rings. The number of nitrogens with zero attached hydrogens (tertiary/aromatic N) is 3. The van der Waals surface area contributed by atoms with Crippen molar-refractivity contribution < 1.29 is 27.4 Å². The molecule has 1 aliphatic rings. The van der Waals surface area contributed by atoms with Crippen molar-refractivity contribution in [3.63, 3.8) is 0 Å². The van der Waals surface area contributed by atoms with E-state index in [1.54, 1.807) is 31.5 Å². The molecule has 4 aromatic rings. The highest BCUT2D eigenvalue weighted by molar-refractivity contribution is 9.10. The van der Waals surface area contributed by atoms with Gasteiger partial charge in [0.25, 0.3) is 5.91 Å². The highest BCUT2D eigenvalue weighted by Gasteiger charge is 2.30. The lowest BCUT2D eigenvalue weighted by molar-refractivity contribution is -0.137. The zero-order valence-electron chi connectivity index (χ0n) is 23.0. The van der Waals surface area contributed by atoms with Crippen molar-refractivity contribution in [3.8, 4) is 16.9 Å². The molecule has 1 amide bonds. The Morgan fingerprint density at radius 1 is 1.12 bits per heavy atom. The summed E-state index contributed by atoms with van der Waals surface area (Å²) >= 11 is 3.66. The summed E-state index contributed by atoms with van der Waals surface area (Å²) < 4.78 is 51.2. The van der Waals surface area contributed by atoms with Gasteiger partial charge in [-0.05, 0) is 70.4 Å². The molecule has 0 aliphatic carbocycles. The minimum absolute atomic E-state index is 0.0505. The second-order valence-electron chi connectivity index (χ2n) is 9.85. The van der Waals surface area contributed by atoms with E-state index in [1.165, 1.54) is 12.1 Å². The number of carbonyl (C=O) groups excluding carboxylic acids is 1. The number of aryl methyl sites for hydroxylation is 1. The summed E-state index contributed by atoms with van der Waals surface area (Å²) in [4.78, 5) is 24.6. The van der Waals surface area contributed by atoms with Crippen LogP contribution >= 0.6 is 15.9 Å². The van der Waals surface area contributed by atoms with E-state index in [0.717, 1.165) is 61.5 Å². The van der Waals surface area contributed by atoms with Gasteiger partial charge in [0.15, 0.2) is 0 Å². The topological polar surface area (TPSA) is 88.6 Å². The predicted molar refractivity (Wildman–Crippen MR) is 159 cm³/mol. The number of ether oxygens (including phenoxy) is 2. The van der Waals surface area contributed by atoms with Crippen LogP contribution < -0.4 is 15.4 Å². The summed E-state index contributed by atoms with van der Waals surface area (Å²) in [6, 6.07) is 11.5. The number of hydrogen-bond donors (Lipinski definition) is 2. The van der Waals surface area contributed by atoms with Crippen molar-refractivity contribution in [2.24, 2.45) is 0 Å². The molecule has 5 rings (SSSR count).